The Balaban J connectivity index is 1.69. The zero-order valence-corrected chi connectivity index (χ0v) is 16.6. The molecule has 1 amide bonds. The first-order valence-electron chi connectivity index (χ1n) is 8.06. The van der Waals surface area contributed by atoms with Gasteiger partial charge in [0, 0.05) is 5.02 Å². The normalized spacial score (nSPS) is 10.4. The van der Waals surface area contributed by atoms with Gasteiger partial charge in [-0.1, -0.05) is 30.7 Å². The predicted molar refractivity (Wildman–Crippen MR) is 104 cm³/mol. The molecule has 0 aliphatic heterocycles. The molecular formula is C19H21BrClNO3. The van der Waals surface area contributed by atoms with E-state index in [0.29, 0.717) is 29.7 Å². The number of hydrogen-bond donors (Lipinski definition) is 1. The van der Waals surface area contributed by atoms with Crippen LogP contribution >= 0.6 is 27.5 Å². The van der Waals surface area contributed by atoms with Crippen LogP contribution in [-0.2, 0) is 11.2 Å². The quantitative estimate of drug-likeness (QED) is 0.630. The molecule has 0 fully saturated rings. The van der Waals surface area contributed by atoms with Crippen LogP contribution in [0.4, 0.5) is 0 Å². The van der Waals surface area contributed by atoms with Crippen molar-refractivity contribution in [1.29, 1.82) is 0 Å². The molecule has 0 saturated heterocycles. The van der Waals surface area contributed by atoms with Gasteiger partial charge in [-0.05, 0) is 64.7 Å². The molecule has 2 aromatic rings. The molecule has 0 bridgehead atoms. The van der Waals surface area contributed by atoms with E-state index in [1.165, 1.54) is 5.56 Å². The number of halogens is 2. The van der Waals surface area contributed by atoms with Gasteiger partial charge < -0.3 is 14.8 Å². The first-order chi connectivity index (χ1) is 12.0. The van der Waals surface area contributed by atoms with Crippen LogP contribution in [0.3, 0.4) is 0 Å². The van der Waals surface area contributed by atoms with E-state index >= 15 is 0 Å². The van der Waals surface area contributed by atoms with Crippen LogP contribution in [0.15, 0.2) is 40.9 Å². The van der Waals surface area contributed by atoms with Crippen LogP contribution in [0, 0.1) is 6.92 Å². The molecule has 0 unspecified atom stereocenters. The minimum Gasteiger partial charge on any atom is -0.492 e. The lowest BCUT2D eigenvalue weighted by molar-refractivity contribution is -0.123. The van der Waals surface area contributed by atoms with E-state index in [1.807, 2.05) is 37.3 Å². The molecule has 4 nitrogen and oxygen atoms in total. The van der Waals surface area contributed by atoms with Gasteiger partial charge >= 0.3 is 0 Å². The average Bonchev–Trinajstić information content (AvgIpc) is 2.60. The smallest absolute Gasteiger partial charge is 0.258 e. The third-order valence-electron chi connectivity index (χ3n) is 3.60. The summed E-state index contributed by atoms with van der Waals surface area (Å²) < 4.78 is 11.9. The van der Waals surface area contributed by atoms with Crippen molar-refractivity contribution in [3.05, 3.63) is 57.0 Å². The molecule has 0 radical (unpaired) electrons. The molecule has 0 heterocycles. The fourth-order valence-corrected chi connectivity index (χ4v) is 2.81. The van der Waals surface area contributed by atoms with Crippen molar-refractivity contribution in [2.45, 2.75) is 20.3 Å². The topological polar surface area (TPSA) is 47.6 Å². The summed E-state index contributed by atoms with van der Waals surface area (Å²) in [5, 5.41) is 3.42. The molecule has 0 aliphatic carbocycles. The van der Waals surface area contributed by atoms with E-state index in [4.69, 9.17) is 21.1 Å². The van der Waals surface area contributed by atoms with Crippen LogP contribution in [0.2, 0.25) is 5.02 Å². The fraction of sp³-hybridized carbons (Fsp3) is 0.316. The summed E-state index contributed by atoms with van der Waals surface area (Å²) in [4.78, 5) is 11.8. The number of amides is 1. The van der Waals surface area contributed by atoms with Crippen LogP contribution in [0.5, 0.6) is 11.5 Å². The molecule has 0 atom stereocenters. The summed E-state index contributed by atoms with van der Waals surface area (Å²) in [6.07, 6.45) is 0.950. The zero-order chi connectivity index (χ0) is 18.2. The van der Waals surface area contributed by atoms with Crippen LogP contribution in [0.1, 0.15) is 18.1 Å². The second kappa shape index (κ2) is 9.68. The van der Waals surface area contributed by atoms with E-state index < -0.39 is 0 Å². The van der Waals surface area contributed by atoms with E-state index in [9.17, 15) is 4.79 Å². The maximum atomic E-state index is 11.8. The number of nitrogens with one attached hydrogen (secondary N) is 1. The number of benzene rings is 2. The predicted octanol–water partition coefficient (Wildman–Crippen LogP) is 4.55. The number of carbonyl (C=O) groups excluding carboxylic acids is 1. The third-order valence-corrected chi connectivity index (χ3v) is 4.63. The van der Waals surface area contributed by atoms with E-state index in [0.717, 1.165) is 16.5 Å². The van der Waals surface area contributed by atoms with Gasteiger partial charge in [0.1, 0.15) is 18.1 Å². The number of carbonyl (C=O) groups is 1. The molecule has 134 valence electrons. The first kappa shape index (κ1) is 19.6. The number of rotatable bonds is 8. The molecule has 0 aliphatic rings. The maximum absolute atomic E-state index is 11.8. The van der Waals surface area contributed by atoms with Gasteiger partial charge in [0.2, 0.25) is 0 Å². The van der Waals surface area contributed by atoms with Gasteiger partial charge in [-0.2, -0.15) is 0 Å². The van der Waals surface area contributed by atoms with Crippen molar-refractivity contribution < 1.29 is 14.3 Å². The standard InChI is InChI=1S/C19H21BrClNO3/c1-3-14-5-7-18(16(20)10-14)25-12-19(23)22-8-9-24-15-6-4-13(2)17(21)11-15/h4-7,10-11H,3,8-9,12H2,1-2H3,(H,22,23). The van der Waals surface area contributed by atoms with Crippen molar-refractivity contribution in [2.24, 2.45) is 0 Å². The van der Waals surface area contributed by atoms with Gasteiger partial charge in [0.25, 0.3) is 5.91 Å². The average molecular weight is 427 g/mol. The van der Waals surface area contributed by atoms with Gasteiger partial charge in [-0.3, -0.25) is 4.79 Å². The molecule has 25 heavy (non-hydrogen) atoms. The van der Waals surface area contributed by atoms with Gasteiger partial charge in [0.05, 0.1) is 11.0 Å². The van der Waals surface area contributed by atoms with E-state index in [1.54, 1.807) is 6.07 Å². The number of ether oxygens (including phenoxy) is 2. The lowest BCUT2D eigenvalue weighted by Crippen LogP contribution is -2.32. The Morgan fingerprint density at radius 2 is 2.00 bits per heavy atom. The Bertz CT molecular complexity index is 737. The first-order valence-corrected chi connectivity index (χ1v) is 9.23. The number of hydrogen-bond acceptors (Lipinski definition) is 3. The van der Waals surface area contributed by atoms with E-state index in [-0.39, 0.29) is 12.5 Å². The molecule has 0 aromatic heterocycles. The Kier molecular flexibility index (Phi) is 7.59. The lowest BCUT2D eigenvalue weighted by atomic mass is 10.2. The molecular weight excluding hydrogens is 406 g/mol. The third kappa shape index (κ3) is 6.25. The van der Waals surface area contributed by atoms with E-state index in [2.05, 4.69) is 28.2 Å². The largest absolute Gasteiger partial charge is 0.492 e. The molecule has 1 N–H and O–H groups in total. The minimum atomic E-state index is -0.197. The maximum Gasteiger partial charge on any atom is 0.258 e. The molecule has 2 rings (SSSR count). The second-order valence-electron chi connectivity index (χ2n) is 5.52. The Hall–Kier alpha value is -1.72. The van der Waals surface area contributed by atoms with Gasteiger partial charge in [0.15, 0.2) is 6.61 Å². The SMILES string of the molecule is CCc1ccc(OCC(=O)NCCOc2ccc(C)c(Cl)c2)c(Br)c1. The monoisotopic (exact) mass is 425 g/mol. The Morgan fingerprint density at radius 3 is 2.68 bits per heavy atom. The highest BCUT2D eigenvalue weighted by molar-refractivity contribution is 9.10. The van der Waals surface area contributed by atoms with Gasteiger partial charge in [-0.15, -0.1) is 0 Å². The summed E-state index contributed by atoms with van der Waals surface area (Å²) >= 11 is 9.49. The minimum absolute atomic E-state index is 0.0412. The molecule has 0 spiro atoms. The van der Waals surface area contributed by atoms with Crippen molar-refractivity contribution in [3.63, 3.8) is 0 Å². The highest BCUT2D eigenvalue weighted by atomic mass is 79.9. The second-order valence-corrected chi connectivity index (χ2v) is 6.78. The van der Waals surface area contributed by atoms with Gasteiger partial charge in [-0.25, -0.2) is 0 Å². The van der Waals surface area contributed by atoms with Crippen LogP contribution in [0.25, 0.3) is 0 Å². The summed E-state index contributed by atoms with van der Waals surface area (Å²) in [6.45, 7) is 4.73. The lowest BCUT2D eigenvalue weighted by Gasteiger charge is -2.11. The molecule has 0 saturated carbocycles. The molecule has 6 heteroatoms. The Morgan fingerprint density at radius 1 is 1.20 bits per heavy atom. The zero-order valence-electron chi connectivity index (χ0n) is 14.3. The summed E-state index contributed by atoms with van der Waals surface area (Å²) in [7, 11) is 0. The summed E-state index contributed by atoms with van der Waals surface area (Å²) in [5.41, 5.74) is 2.20. The summed E-state index contributed by atoms with van der Waals surface area (Å²) in [5.74, 6) is 1.14. The number of aryl methyl sites for hydroxylation is 2. The highest BCUT2D eigenvalue weighted by Gasteiger charge is 2.06. The summed E-state index contributed by atoms with van der Waals surface area (Å²) in [6, 6.07) is 11.3. The van der Waals surface area contributed by atoms with Crippen LogP contribution in [-0.4, -0.2) is 25.7 Å². The fourth-order valence-electron chi connectivity index (χ4n) is 2.10. The van der Waals surface area contributed by atoms with Crippen molar-refractivity contribution in [1.82, 2.24) is 5.32 Å². The van der Waals surface area contributed by atoms with Crippen LogP contribution < -0.4 is 14.8 Å². The van der Waals surface area contributed by atoms with Crippen molar-refractivity contribution in [2.75, 3.05) is 19.8 Å². The molecule has 2 aromatic carbocycles. The van der Waals surface area contributed by atoms with Crippen molar-refractivity contribution >= 4 is 33.4 Å². The Labute approximate surface area is 161 Å². The highest BCUT2D eigenvalue weighted by Crippen LogP contribution is 2.26. The van der Waals surface area contributed by atoms with Crippen molar-refractivity contribution in [3.8, 4) is 11.5 Å².